The number of nitrogens with two attached hydrogens (primary N) is 1. The highest BCUT2D eigenvalue weighted by molar-refractivity contribution is 6.11. The Morgan fingerprint density at radius 1 is 1.24 bits per heavy atom. The molecular weight excluding hydrogens is 224 g/mol. The maximum atomic E-state index is 11.9. The quantitative estimate of drug-likeness (QED) is 0.351. The van der Waals surface area contributed by atoms with E-state index in [4.69, 9.17) is 16.0 Å². The lowest BCUT2D eigenvalue weighted by Crippen LogP contribution is -2.01. The third-order valence-corrected chi connectivity index (χ3v) is 2.33. The lowest BCUT2D eigenvalue weighted by molar-refractivity contribution is 0.102. The van der Waals surface area contributed by atoms with Gasteiger partial charge in [-0.25, -0.2) is 0 Å². The molecule has 0 spiro atoms. The SMILES string of the molecule is Nc1cccc(C(=O)c2cc(O)n(O)c2O)c1. The van der Waals surface area contributed by atoms with Crippen LogP contribution in [0.1, 0.15) is 15.9 Å². The standard InChI is InChI=1S/C11H10N2O4/c12-7-3-1-2-6(4-7)10(15)8-5-9(14)13(17)11(8)16/h1-5,14,16-17H,12H2. The van der Waals surface area contributed by atoms with Gasteiger partial charge in [-0.15, -0.1) is 4.73 Å². The number of benzene rings is 1. The highest BCUT2D eigenvalue weighted by atomic mass is 16.5. The molecule has 1 aromatic carbocycles. The molecule has 0 amide bonds. The van der Waals surface area contributed by atoms with Crippen LogP contribution < -0.4 is 5.73 Å². The van der Waals surface area contributed by atoms with E-state index in [0.29, 0.717) is 5.69 Å². The van der Waals surface area contributed by atoms with E-state index in [1.54, 1.807) is 12.1 Å². The van der Waals surface area contributed by atoms with Crippen LogP contribution in [0.25, 0.3) is 0 Å². The van der Waals surface area contributed by atoms with Gasteiger partial charge in [0.2, 0.25) is 11.8 Å². The van der Waals surface area contributed by atoms with Crippen molar-refractivity contribution in [3.8, 4) is 11.8 Å². The monoisotopic (exact) mass is 234 g/mol. The van der Waals surface area contributed by atoms with E-state index in [9.17, 15) is 9.90 Å². The molecule has 1 aromatic heterocycles. The molecule has 0 aliphatic heterocycles. The molecule has 0 bridgehead atoms. The predicted octanol–water partition coefficient (Wildman–Crippen LogP) is 0.950. The van der Waals surface area contributed by atoms with Gasteiger partial charge in [0, 0.05) is 17.3 Å². The first-order valence-electron chi connectivity index (χ1n) is 4.74. The number of nitrogen functional groups attached to an aromatic ring is 1. The number of anilines is 1. The minimum absolute atomic E-state index is 0.125. The highest BCUT2D eigenvalue weighted by Crippen LogP contribution is 2.27. The summed E-state index contributed by atoms with van der Waals surface area (Å²) in [4.78, 5) is 11.9. The molecule has 0 saturated heterocycles. The maximum Gasteiger partial charge on any atom is 0.240 e. The van der Waals surface area contributed by atoms with Crippen molar-refractivity contribution in [1.82, 2.24) is 4.73 Å². The molecule has 1 heterocycles. The second-order valence-corrected chi connectivity index (χ2v) is 3.51. The summed E-state index contributed by atoms with van der Waals surface area (Å²) < 4.78 is 0.125. The van der Waals surface area contributed by atoms with Crippen LogP contribution in [0.3, 0.4) is 0 Å². The second kappa shape index (κ2) is 3.75. The van der Waals surface area contributed by atoms with Crippen LogP contribution in [0.15, 0.2) is 30.3 Å². The van der Waals surface area contributed by atoms with Gasteiger partial charge >= 0.3 is 0 Å². The van der Waals surface area contributed by atoms with Crippen LogP contribution >= 0.6 is 0 Å². The summed E-state index contributed by atoms with van der Waals surface area (Å²) in [7, 11) is 0. The van der Waals surface area contributed by atoms with Gasteiger partial charge in [-0.2, -0.15) is 0 Å². The topological polar surface area (TPSA) is 109 Å². The van der Waals surface area contributed by atoms with Crippen molar-refractivity contribution in [2.24, 2.45) is 0 Å². The van der Waals surface area contributed by atoms with Crippen molar-refractivity contribution in [1.29, 1.82) is 0 Å². The predicted molar refractivity (Wildman–Crippen MR) is 59.2 cm³/mol. The lowest BCUT2D eigenvalue weighted by atomic mass is 10.1. The summed E-state index contributed by atoms with van der Waals surface area (Å²) in [6.45, 7) is 0. The average Bonchev–Trinajstić information content (AvgIpc) is 2.56. The maximum absolute atomic E-state index is 11.9. The first-order valence-corrected chi connectivity index (χ1v) is 4.74. The van der Waals surface area contributed by atoms with Crippen molar-refractivity contribution in [3.05, 3.63) is 41.5 Å². The molecule has 0 aliphatic rings. The first-order chi connectivity index (χ1) is 8.00. The molecule has 0 radical (unpaired) electrons. The normalized spacial score (nSPS) is 10.4. The van der Waals surface area contributed by atoms with E-state index in [1.165, 1.54) is 12.1 Å². The minimum atomic E-state index is -0.713. The Morgan fingerprint density at radius 3 is 2.47 bits per heavy atom. The van der Waals surface area contributed by atoms with Crippen LogP contribution in [-0.4, -0.2) is 25.9 Å². The van der Waals surface area contributed by atoms with Crippen LogP contribution in [0.5, 0.6) is 11.8 Å². The summed E-state index contributed by atoms with van der Waals surface area (Å²) in [5.74, 6) is -1.87. The molecule has 88 valence electrons. The van der Waals surface area contributed by atoms with Gasteiger partial charge in [-0.1, -0.05) is 12.1 Å². The molecule has 17 heavy (non-hydrogen) atoms. The molecule has 0 atom stereocenters. The van der Waals surface area contributed by atoms with Crippen molar-refractivity contribution in [2.45, 2.75) is 0 Å². The van der Waals surface area contributed by atoms with Gasteiger partial charge in [-0.05, 0) is 12.1 Å². The Kier molecular flexibility index (Phi) is 2.40. The Balaban J connectivity index is 2.47. The van der Waals surface area contributed by atoms with Gasteiger partial charge < -0.3 is 21.2 Å². The number of ketones is 1. The van der Waals surface area contributed by atoms with Gasteiger partial charge in [0.05, 0.1) is 5.56 Å². The summed E-state index contributed by atoms with van der Waals surface area (Å²) in [5.41, 5.74) is 5.99. The van der Waals surface area contributed by atoms with Gasteiger partial charge in [0.1, 0.15) is 0 Å². The van der Waals surface area contributed by atoms with Gasteiger partial charge in [-0.3, -0.25) is 4.79 Å². The molecule has 5 N–H and O–H groups in total. The van der Waals surface area contributed by atoms with Gasteiger partial charge in [0.15, 0.2) is 5.78 Å². The third kappa shape index (κ3) is 1.76. The summed E-state index contributed by atoms with van der Waals surface area (Å²) >= 11 is 0. The van der Waals surface area contributed by atoms with E-state index in [2.05, 4.69) is 0 Å². The average molecular weight is 234 g/mol. The van der Waals surface area contributed by atoms with Crippen LogP contribution in [0.2, 0.25) is 0 Å². The van der Waals surface area contributed by atoms with E-state index >= 15 is 0 Å². The number of aromatic nitrogens is 1. The number of carbonyl (C=O) groups is 1. The van der Waals surface area contributed by atoms with Crippen molar-refractivity contribution >= 4 is 11.5 Å². The van der Waals surface area contributed by atoms with E-state index in [1.807, 2.05) is 0 Å². The molecule has 0 fully saturated rings. The zero-order chi connectivity index (χ0) is 12.6. The van der Waals surface area contributed by atoms with E-state index in [0.717, 1.165) is 6.07 Å². The zero-order valence-corrected chi connectivity index (χ0v) is 8.66. The Morgan fingerprint density at radius 2 is 1.94 bits per heavy atom. The summed E-state index contributed by atoms with van der Waals surface area (Å²) in [5, 5.41) is 27.7. The number of carbonyl (C=O) groups excluding carboxylic acids is 1. The van der Waals surface area contributed by atoms with Crippen LogP contribution in [-0.2, 0) is 0 Å². The van der Waals surface area contributed by atoms with E-state index < -0.39 is 17.5 Å². The molecule has 6 nitrogen and oxygen atoms in total. The molecule has 0 aliphatic carbocycles. The number of nitrogens with zero attached hydrogens (tertiary/aromatic N) is 1. The lowest BCUT2D eigenvalue weighted by Gasteiger charge is -2.00. The van der Waals surface area contributed by atoms with Gasteiger partial charge in [0.25, 0.3) is 0 Å². The Hall–Kier alpha value is -2.63. The first kappa shape index (κ1) is 10.9. The largest absolute Gasteiger partial charge is 0.492 e. The second-order valence-electron chi connectivity index (χ2n) is 3.51. The molecular formula is C11H10N2O4. The fourth-order valence-electron chi connectivity index (χ4n) is 1.48. The fourth-order valence-corrected chi connectivity index (χ4v) is 1.48. The van der Waals surface area contributed by atoms with Crippen LogP contribution in [0.4, 0.5) is 5.69 Å². The Bertz CT molecular complexity index is 589. The third-order valence-electron chi connectivity index (χ3n) is 2.33. The van der Waals surface area contributed by atoms with Crippen LogP contribution in [0, 0.1) is 0 Å². The molecule has 2 aromatic rings. The van der Waals surface area contributed by atoms with E-state index in [-0.39, 0.29) is 15.9 Å². The highest BCUT2D eigenvalue weighted by Gasteiger charge is 2.20. The molecule has 6 heteroatoms. The minimum Gasteiger partial charge on any atom is -0.492 e. The number of rotatable bonds is 2. The fraction of sp³-hybridized carbons (Fsp3) is 0. The number of hydrogen-bond acceptors (Lipinski definition) is 5. The molecule has 2 rings (SSSR count). The summed E-state index contributed by atoms with van der Waals surface area (Å²) in [6.07, 6.45) is 0. The number of aromatic hydroxyl groups is 2. The zero-order valence-electron chi connectivity index (χ0n) is 8.66. The number of hydrogen-bond donors (Lipinski definition) is 4. The summed E-state index contributed by atoms with van der Waals surface area (Å²) in [6, 6.07) is 7.14. The van der Waals surface area contributed by atoms with Crippen molar-refractivity contribution in [2.75, 3.05) is 5.73 Å². The van der Waals surface area contributed by atoms with Crippen molar-refractivity contribution < 1.29 is 20.2 Å². The Labute approximate surface area is 96.1 Å². The smallest absolute Gasteiger partial charge is 0.240 e. The van der Waals surface area contributed by atoms with Crippen molar-refractivity contribution in [3.63, 3.8) is 0 Å². The molecule has 0 unspecified atom stereocenters. The molecule has 0 saturated carbocycles.